The standard InChI is InChI=1S/C4H8BN/c5-3-1-2-4-6/h4,6H,1-3H2. The maximum Gasteiger partial charge on any atom is 0.0653 e. The lowest BCUT2D eigenvalue weighted by molar-refractivity contribution is 1.000. The maximum atomic E-state index is 6.53. The Kier molecular flexibility index (Phi) is 4.53. The number of unbranched alkanes of at least 4 members (excludes halogenated alkanes) is 1. The summed E-state index contributed by atoms with van der Waals surface area (Å²) >= 11 is 0. The van der Waals surface area contributed by atoms with E-state index in [9.17, 15) is 0 Å². The zero-order chi connectivity index (χ0) is 4.83. The predicted octanol–water partition coefficient (Wildman–Crippen LogP) is 1.00. The van der Waals surface area contributed by atoms with Crippen LogP contribution in [0.5, 0.6) is 0 Å². The van der Waals surface area contributed by atoms with Crippen LogP contribution in [0, 0.1) is 5.41 Å². The molecular weight excluding hydrogens is 72.9 g/mol. The minimum absolute atomic E-state index is 0.704. The molecule has 0 aromatic rings. The molecule has 0 heterocycles. The Morgan fingerprint density at radius 3 is 2.50 bits per heavy atom. The summed E-state index contributed by atoms with van der Waals surface area (Å²) in [5, 5.41) is 6.53. The summed E-state index contributed by atoms with van der Waals surface area (Å²) in [6, 6.07) is 0. The second kappa shape index (κ2) is 4.73. The number of rotatable bonds is 3. The molecule has 32 valence electrons. The van der Waals surface area contributed by atoms with E-state index in [1.807, 2.05) is 0 Å². The highest BCUT2D eigenvalue weighted by Gasteiger charge is 1.72. The van der Waals surface area contributed by atoms with Gasteiger partial charge in [-0.25, -0.2) is 0 Å². The molecule has 2 radical (unpaired) electrons. The van der Waals surface area contributed by atoms with Crippen LogP contribution in [0.25, 0.3) is 0 Å². The molecule has 0 aliphatic heterocycles. The average Bonchev–Trinajstić information content (AvgIpc) is 1.61. The minimum atomic E-state index is 0.704. The highest BCUT2D eigenvalue weighted by molar-refractivity contribution is 6.08. The van der Waals surface area contributed by atoms with Gasteiger partial charge in [-0.15, -0.1) is 0 Å². The minimum Gasteiger partial charge on any atom is -0.313 e. The molecule has 1 nitrogen and oxygen atoms in total. The van der Waals surface area contributed by atoms with Crippen molar-refractivity contribution in [2.24, 2.45) is 0 Å². The molecule has 0 bridgehead atoms. The number of hydrogen-bond acceptors (Lipinski definition) is 1. The fourth-order valence-corrected chi connectivity index (χ4v) is 0.220. The van der Waals surface area contributed by atoms with Crippen LogP contribution in [0.1, 0.15) is 12.8 Å². The third kappa shape index (κ3) is 3.73. The Balaban J connectivity index is 2.49. The lowest BCUT2D eigenvalue weighted by atomic mass is 10.0. The average molecular weight is 80.9 g/mol. The first-order chi connectivity index (χ1) is 2.91. The van der Waals surface area contributed by atoms with E-state index in [-0.39, 0.29) is 0 Å². The van der Waals surface area contributed by atoms with Crippen molar-refractivity contribution in [3.05, 3.63) is 0 Å². The first-order valence-electron chi connectivity index (χ1n) is 2.11. The molecule has 0 atom stereocenters. The molecule has 0 aromatic heterocycles. The zero-order valence-corrected chi connectivity index (χ0v) is 3.78. The summed E-state index contributed by atoms with van der Waals surface area (Å²) in [6.45, 7) is 0. The van der Waals surface area contributed by atoms with E-state index in [0.717, 1.165) is 12.8 Å². The van der Waals surface area contributed by atoms with Gasteiger partial charge in [0.05, 0.1) is 7.85 Å². The fourth-order valence-electron chi connectivity index (χ4n) is 0.220. The van der Waals surface area contributed by atoms with Crippen LogP contribution in [0.3, 0.4) is 0 Å². The Hall–Kier alpha value is -0.265. The summed E-state index contributed by atoms with van der Waals surface area (Å²) < 4.78 is 0. The van der Waals surface area contributed by atoms with Gasteiger partial charge in [0.2, 0.25) is 0 Å². The normalized spacial score (nSPS) is 8.00. The molecule has 0 saturated carbocycles. The molecule has 0 rings (SSSR count). The van der Waals surface area contributed by atoms with Gasteiger partial charge < -0.3 is 5.41 Å². The summed E-state index contributed by atoms with van der Waals surface area (Å²) in [5.41, 5.74) is 0. The first kappa shape index (κ1) is 5.73. The maximum absolute atomic E-state index is 6.53. The van der Waals surface area contributed by atoms with Gasteiger partial charge in [0.15, 0.2) is 0 Å². The molecule has 0 saturated heterocycles. The van der Waals surface area contributed by atoms with E-state index in [1.165, 1.54) is 6.21 Å². The van der Waals surface area contributed by atoms with Crippen molar-refractivity contribution in [3.63, 3.8) is 0 Å². The van der Waals surface area contributed by atoms with Crippen molar-refractivity contribution in [1.29, 1.82) is 5.41 Å². The predicted molar refractivity (Wildman–Crippen MR) is 28.6 cm³/mol. The van der Waals surface area contributed by atoms with Crippen LogP contribution >= 0.6 is 0 Å². The molecule has 1 N–H and O–H groups in total. The van der Waals surface area contributed by atoms with Gasteiger partial charge in [-0.3, -0.25) is 0 Å². The van der Waals surface area contributed by atoms with E-state index in [0.29, 0.717) is 6.32 Å². The van der Waals surface area contributed by atoms with Crippen LogP contribution in [-0.2, 0) is 0 Å². The smallest absolute Gasteiger partial charge is 0.0653 e. The van der Waals surface area contributed by atoms with Crippen molar-refractivity contribution in [1.82, 2.24) is 0 Å². The van der Waals surface area contributed by atoms with E-state index in [4.69, 9.17) is 13.3 Å². The molecule has 0 aliphatic rings. The van der Waals surface area contributed by atoms with Crippen LogP contribution in [0.2, 0.25) is 6.32 Å². The fraction of sp³-hybridized carbons (Fsp3) is 0.750. The second-order valence-corrected chi connectivity index (χ2v) is 1.14. The zero-order valence-electron chi connectivity index (χ0n) is 3.78. The second-order valence-electron chi connectivity index (χ2n) is 1.14. The van der Waals surface area contributed by atoms with Crippen molar-refractivity contribution in [3.8, 4) is 0 Å². The van der Waals surface area contributed by atoms with Gasteiger partial charge in [0, 0.05) is 0 Å². The summed E-state index contributed by atoms with van der Waals surface area (Å²) in [4.78, 5) is 0. The molecule has 6 heavy (non-hydrogen) atoms. The third-order valence-corrected chi connectivity index (χ3v) is 0.553. The number of nitrogens with one attached hydrogen (secondary N) is 1. The largest absolute Gasteiger partial charge is 0.313 e. The molecule has 2 heteroatoms. The molecule has 0 fully saturated rings. The van der Waals surface area contributed by atoms with Crippen LogP contribution in [-0.4, -0.2) is 14.1 Å². The first-order valence-corrected chi connectivity index (χ1v) is 2.11. The Morgan fingerprint density at radius 2 is 2.33 bits per heavy atom. The van der Waals surface area contributed by atoms with Crippen molar-refractivity contribution >= 4 is 14.1 Å². The molecule has 0 unspecified atom stereocenters. The lowest BCUT2D eigenvalue weighted by Crippen LogP contribution is -1.71. The monoisotopic (exact) mass is 81.1 g/mol. The van der Waals surface area contributed by atoms with Crippen molar-refractivity contribution in [2.45, 2.75) is 19.2 Å². The van der Waals surface area contributed by atoms with Gasteiger partial charge in [-0.05, 0) is 12.6 Å². The quantitative estimate of drug-likeness (QED) is 0.297. The summed E-state index contributed by atoms with van der Waals surface area (Å²) in [7, 11) is 5.11. The molecule has 0 amide bonds. The van der Waals surface area contributed by atoms with Gasteiger partial charge in [0.25, 0.3) is 0 Å². The van der Waals surface area contributed by atoms with Gasteiger partial charge in [-0.1, -0.05) is 12.7 Å². The van der Waals surface area contributed by atoms with Crippen LogP contribution in [0.4, 0.5) is 0 Å². The Bertz CT molecular complexity index is 36.5. The van der Waals surface area contributed by atoms with E-state index in [2.05, 4.69) is 0 Å². The summed E-state index contributed by atoms with van der Waals surface area (Å²) in [6.07, 6.45) is 3.86. The van der Waals surface area contributed by atoms with Crippen LogP contribution < -0.4 is 0 Å². The van der Waals surface area contributed by atoms with Gasteiger partial charge >= 0.3 is 0 Å². The third-order valence-electron chi connectivity index (χ3n) is 0.553. The molecule has 0 aliphatic carbocycles. The van der Waals surface area contributed by atoms with Crippen LogP contribution in [0.15, 0.2) is 0 Å². The summed E-state index contributed by atoms with van der Waals surface area (Å²) in [5.74, 6) is 0. The van der Waals surface area contributed by atoms with Crippen molar-refractivity contribution < 1.29 is 0 Å². The highest BCUT2D eigenvalue weighted by Crippen LogP contribution is 1.85. The van der Waals surface area contributed by atoms with Gasteiger partial charge in [-0.2, -0.15) is 0 Å². The number of hydrogen-bond donors (Lipinski definition) is 1. The highest BCUT2D eigenvalue weighted by atomic mass is 14.3. The van der Waals surface area contributed by atoms with E-state index >= 15 is 0 Å². The molecule has 0 aromatic carbocycles. The topological polar surface area (TPSA) is 23.9 Å². The molecule has 0 spiro atoms. The van der Waals surface area contributed by atoms with E-state index < -0.39 is 0 Å². The molecular formula is C4H8BN. The van der Waals surface area contributed by atoms with Gasteiger partial charge in [0.1, 0.15) is 0 Å². The van der Waals surface area contributed by atoms with Crippen molar-refractivity contribution in [2.75, 3.05) is 0 Å². The SMILES string of the molecule is [B]CCCC=N. The Labute approximate surface area is 39.7 Å². The lowest BCUT2D eigenvalue weighted by Gasteiger charge is -1.81. The van der Waals surface area contributed by atoms with E-state index in [1.54, 1.807) is 0 Å². The Morgan fingerprint density at radius 1 is 1.67 bits per heavy atom.